The standard InChI is InChI=1S/C12H12N2O2S.ClH/c1-7(15)13-10-5-9(3-4-12(10)16)11-6-17-8(2)14-11;/h3-6,16H,1-2H3,(H,13,15);1H. The fourth-order valence-electron chi connectivity index (χ4n) is 1.48. The number of carbonyl (C=O) groups is 1. The SMILES string of the molecule is CC(=O)Nc1cc(-c2csc(C)n2)ccc1O.Cl. The van der Waals surface area contributed by atoms with E-state index in [0.29, 0.717) is 5.69 Å². The molecular weight excluding hydrogens is 272 g/mol. The highest BCUT2D eigenvalue weighted by Crippen LogP contribution is 2.30. The van der Waals surface area contributed by atoms with Crippen LogP contribution >= 0.6 is 23.7 Å². The zero-order valence-corrected chi connectivity index (χ0v) is 11.6. The Morgan fingerprint density at radius 2 is 2.17 bits per heavy atom. The molecule has 0 radical (unpaired) electrons. The van der Waals surface area contributed by atoms with Crippen molar-refractivity contribution in [2.45, 2.75) is 13.8 Å². The molecule has 96 valence electrons. The smallest absolute Gasteiger partial charge is 0.221 e. The molecule has 2 rings (SSSR count). The summed E-state index contributed by atoms with van der Waals surface area (Å²) in [5.74, 6) is -0.164. The van der Waals surface area contributed by atoms with Crippen LogP contribution in [0.3, 0.4) is 0 Å². The molecule has 1 aromatic heterocycles. The van der Waals surface area contributed by atoms with Crippen LogP contribution in [0.25, 0.3) is 11.3 Å². The quantitative estimate of drug-likeness (QED) is 0.833. The summed E-state index contributed by atoms with van der Waals surface area (Å²) >= 11 is 1.56. The molecule has 0 atom stereocenters. The number of anilines is 1. The van der Waals surface area contributed by atoms with Gasteiger partial charge in [0, 0.05) is 17.9 Å². The molecule has 1 heterocycles. The second-order valence-corrected chi connectivity index (χ2v) is 4.73. The summed E-state index contributed by atoms with van der Waals surface area (Å²) in [6.45, 7) is 3.34. The minimum atomic E-state index is -0.216. The first kappa shape index (κ1) is 14.5. The number of thiazole rings is 1. The molecular formula is C12H13ClN2O2S. The van der Waals surface area contributed by atoms with Crippen molar-refractivity contribution in [3.8, 4) is 17.0 Å². The van der Waals surface area contributed by atoms with E-state index in [1.165, 1.54) is 6.92 Å². The minimum Gasteiger partial charge on any atom is -0.506 e. The number of aromatic nitrogens is 1. The average molecular weight is 285 g/mol. The number of rotatable bonds is 2. The number of aryl methyl sites for hydroxylation is 1. The van der Waals surface area contributed by atoms with Crippen LogP contribution in [0.4, 0.5) is 5.69 Å². The van der Waals surface area contributed by atoms with Crippen LogP contribution in [0, 0.1) is 6.92 Å². The van der Waals surface area contributed by atoms with Crippen LogP contribution in [-0.2, 0) is 4.79 Å². The van der Waals surface area contributed by atoms with Gasteiger partial charge in [-0.05, 0) is 25.1 Å². The Morgan fingerprint density at radius 3 is 2.72 bits per heavy atom. The molecule has 18 heavy (non-hydrogen) atoms. The molecule has 0 saturated heterocycles. The van der Waals surface area contributed by atoms with Crippen molar-refractivity contribution in [1.29, 1.82) is 0 Å². The van der Waals surface area contributed by atoms with Gasteiger partial charge in [-0.25, -0.2) is 4.98 Å². The van der Waals surface area contributed by atoms with Gasteiger partial charge in [0.2, 0.25) is 5.91 Å². The Morgan fingerprint density at radius 1 is 1.44 bits per heavy atom. The number of nitrogens with one attached hydrogen (secondary N) is 1. The molecule has 0 aliphatic heterocycles. The number of benzene rings is 1. The zero-order chi connectivity index (χ0) is 12.4. The number of amides is 1. The summed E-state index contributed by atoms with van der Waals surface area (Å²) in [4.78, 5) is 15.3. The largest absolute Gasteiger partial charge is 0.506 e. The lowest BCUT2D eigenvalue weighted by molar-refractivity contribution is -0.114. The van der Waals surface area contributed by atoms with E-state index in [0.717, 1.165) is 16.3 Å². The van der Waals surface area contributed by atoms with E-state index < -0.39 is 0 Å². The van der Waals surface area contributed by atoms with Gasteiger partial charge in [-0.3, -0.25) is 4.79 Å². The molecule has 0 spiro atoms. The van der Waals surface area contributed by atoms with Crippen LogP contribution in [0.1, 0.15) is 11.9 Å². The molecule has 0 unspecified atom stereocenters. The van der Waals surface area contributed by atoms with Gasteiger partial charge >= 0.3 is 0 Å². The Hall–Kier alpha value is -1.59. The highest BCUT2D eigenvalue weighted by Gasteiger charge is 2.07. The molecule has 2 aromatic rings. The first-order valence-corrected chi connectivity index (χ1v) is 5.97. The van der Waals surface area contributed by atoms with Crippen LogP contribution in [0.15, 0.2) is 23.6 Å². The molecule has 6 heteroatoms. The van der Waals surface area contributed by atoms with Gasteiger partial charge in [-0.1, -0.05) is 0 Å². The Kier molecular flexibility index (Phi) is 4.69. The third-order valence-corrected chi connectivity index (χ3v) is 3.00. The van der Waals surface area contributed by atoms with E-state index in [1.807, 2.05) is 12.3 Å². The lowest BCUT2D eigenvalue weighted by Gasteiger charge is -2.06. The van der Waals surface area contributed by atoms with Crippen molar-refractivity contribution in [3.05, 3.63) is 28.6 Å². The Bertz CT molecular complexity index is 569. The van der Waals surface area contributed by atoms with Gasteiger partial charge < -0.3 is 10.4 Å². The van der Waals surface area contributed by atoms with Gasteiger partial charge in [0.25, 0.3) is 0 Å². The molecule has 1 amide bonds. The number of carbonyl (C=O) groups excluding carboxylic acids is 1. The van der Waals surface area contributed by atoms with Gasteiger partial charge in [0.1, 0.15) is 5.75 Å². The summed E-state index contributed by atoms with van der Waals surface area (Å²) in [7, 11) is 0. The van der Waals surface area contributed by atoms with Gasteiger partial charge in [-0.2, -0.15) is 0 Å². The number of nitrogens with zero attached hydrogens (tertiary/aromatic N) is 1. The van der Waals surface area contributed by atoms with Gasteiger partial charge in [0.15, 0.2) is 0 Å². The van der Waals surface area contributed by atoms with E-state index >= 15 is 0 Å². The van der Waals surface area contributed by atoms with Crippen LogP contribution in [0.2, 0.25) is 0 Å². The highest BCUT2D eigenvalue weighted by atomic mass is 35.5. The predicted molar refractivity (Wildman–Crippen MR) is 75.5 cm³/mol. The topological polar surface area (TPSA) is 62.2 Å². The highest BCUT2D eigenvalue weighted by molar-refractivity contribution is 7.09. The summed E-state index contributed by atoms with van der Waals surface area (Å²) in [6, 6.07) is 5.04. The van der Waals surface area contributed by atoms with E-state index in [9.17, 15) is 9.90 Å². The lowest BCUT2D eigenvalue weighted by Crippen LogP contribution is -2.05. The number of phenolic OH excluding ortho intramolecular Hbond substituents is 1. The average Bonchev–Trinajstić information content (AvgIpc) is 2.67. The summed E-state index contributed by atoms with van der Waals surface area (Å²) < 4.78 is 0. The van der Waals surface area contributed by atoms with Gasteiger partial charge in [-0.15, -0.1) is 23.7 Å². The van der Waals surface area contributed by atoms with E-state index in [2.05, 4.69) is 10.3 Å². The Balaban J connectivity index is 0.00000162. The second kappa shape index (κ2) is 5.84. The maximum Gasteiger partial charge on any atom is 0.221 e. The van der Waals surface area contributed by atoms with E-state index in [1.54, 1.807) is 29.5 Å². The monoisotopic (exact) mass is 284 g/mol. The summed E-state index contributed by atoms with van der Waals surface area (Å²) in [5.41, 5.74) is 2.12. The molecule has 1 aromatic carbocycles. The normalized spacial score (nSPS) is 9.67. The van der Waals surface area contributed by atoms with E-state index in [-0.39, 0.29) is 24.1 Å². The first-order chi connectivity index (χ1) is 8.06. The van der Waals surface area contributed by atoms with Crippen molar-refractivity contribution in [2.75, 3.05) is 5.32 Å². The van der Waals surface area contributed by atoms with Crippen LogP contribution in [-0.4, -0.2) is 16.0 Å². The molecule has 0 bridgehead atoms. The summed E-state index contributed by atoms with van der Waals surface area (Å²) in [6.07, 6.45) is 0. The Labute approximate surface area is 115 Å². The van der Waals surface area contributed by atoms with Crippen molar-refractivity contribution < 1.29 is 9.90 Å². The van der Waals surface area contributed by atoms with Crippen molar-refractivity contribution in [1.82, 2.24) is 4.98 Å². The second-order valence-electron chi connectivity index (χ2n) is 3.66. The molecule has 0 fully saturated rings. The number of hydrogen-bond donors (Lipinski definition) is 2. The fourth-order valence-corrected chi connectivity index (χ4v) is 2.10. The number of phenols is 1. The lowest BCUT2D eigenvalue weighted by atomic mass is 10.1. The molecule has 0 saturated carbocycles. The fraction of sp³-hybridized carbons (Fsp3) is 0.167. The number of halogens is 1. The maximum absolute atomic E-state index is 11.0. The molecule has 2 N–H and O–H groups in total. The molecule has 4 nitrogen and oxygen atoms in total. The first-order valence-electron chi connectivity index (χ1n) is 5.09. The van der Waals surface area contributed by atoms with Crippen LogP contribution < -0.4 is 5.32 Å². The maximum atomic E-state index is 11.0. The summed E-state index contributed by atoms with van der Waals surface area (Å²) in [5, 5.41) is 15.1. The van der Waals surface area contributed by atoms with Crippen molar-refractivity contribution >= 4 is 35.3 Å². The molecule has 0 aliphatic rings. The zero-order valence-electron chi connectivity index (χ0n) is 9.93. The molecule has 0 aliphatic carbocycles. The number of aromatic hydroxyl groups is 1. The number of hydrogen-bond acceptors (Lipinski definition) is 4. The van der Waals surface area contributed by atoms with Crippen molar-refractivity contribution in [2.24, 2.45) is 0 Å². The van der Waals surface area contributed by atoms with Crippen LogP contribution in [0.5, 0.6) is 5.75 Å². The third kappa shape index (κ3) is 3.21. The van der Waals surface area contributed by atoms with Gasteiger partial charge in [0.05, 0.1) is 16.4 Å². The third-order valence-electron chi connectivity index (χ3n) is 2.22. The minimum absolute atomic E-state index is 0. The predicted octanol–water partition coefficient (Wildman–Crippen LogP) is 3.20. The van der Waals surface area contributed by atoms with Crippen molar-refractivity contribution in [3.63, 3.8) is 0 Å². The van der Waals surface area contributed by atoms with E-state index in [4.69, 9.17) is 0 Å².